The van der Waals surface area contributed by atoms with Gasteiger partial charge in [0.25, 0.3) is 17.7 Å². The van der Waals surface area contributed by atoms with Crippen molar-refractivity contribution >= 4 is 29.3 Å². The summed E-state index contributed by atoms with van der Waals surface area (Å²) < 4.78 is 27.2. The van der Waals surface area contributed by atoms with Crippen molar-refractivity contribution in [2.75, 3.05) is 11.9 Å². The van der Waals surface area contributed by atoms with Gasteiger partial charge in [0.1, 0.15) is 0 Å². The Hall–Kier alpha value is -4.40. The molecule has 2 aliphatic rings. The molecule has 9 heteroatoms. The summed E-state index contributed by atoms with van der Waals surface area (Å²) in [5, 5.41) is 5.76. The normalized spacial score (nSPS) is 15.6. The van der Waals surface area contributed by atoms with Gasteiger partial charge in [-0.05, 0) is 68.1 Å². The number of benzene rings is 3. The fraction of sp³-hybridized carbons (Fsp3) is 0.241. The molecule has 7 nitrogen and oxygen atoms in total. The molecule has 1 aliphatic heterocycles. The predicted molar refractivity (Wildman–Crippen MR) is 136 cm³/mol. The highest BCUT2D eigenvalue weighted by atomic mass is 19.2. The van der Waals surface area contributed by atoms with Crippen LogP contribution in [0, 0.1) is 18.6 Å². The van der Waals surface area contributed by atoms with Crippen LogP contribution in [0.3, 0.4) is 0 Å². The number of carbonyl (C=O) groups is 4. The first kappa shape index (κ1) is 25.3. The van der Waals surface area contributed by atoms with E-state index in [1.165, 1.54) is 13.0 Å². The molecule has 0 saturated heterocycles. The first-order chi connectivity index (χ1) is 18.2. The fourth-order valence-electron chi connectivity index (χ4n) is 4.97. The Morgan fingerprint density at radius 3 is 2.13 bits per heavy atom. The lowest BCUT2D eigenvalue weighted by Gasteiger charge is -2.43. The molecule has 3 aromatic carbocycles. The standard InChI is InChI=1S/C29H25F2N3O4/c1-17-20(11-12-23(30)25(17)31)26(36)32-19-9-7-18(8-10-19)29(14-4-15-29)33-24(35)13-16-34-27(37)21-5-2-3-6-22(21)28(34)38/h2-3,5-12H,4,13-16H2,1H3,(H,32,36)(H,33,35). The van der Waals surface area contributed by atoms with Gasteiger partial charge in [-0.3, -0.25) is 24.1 Å². The first-order valence-electron chi connectivity index (χ1n) is 12.3. The highest BCUT2D eigenvalue weighted by Crippen LogP contribution is 2.41. The molecule has 4 amide bonds. The van der Waals surface area contributed by atoms with Crippen LogP contribution in [0.5, 0.6) is 0 Å². The van der Waals surface area contributed by atoms with Crippen LogP contribution in [0.2, 0.25) is 0 Å². The van der Waals surface area contributed by atoms with E-state index in [-0.39, 0.29) is 30.0 Å². The fourth-order valence-corrected chi connectivity index (χ4v) is 4.97. The van der Waals surface area contributed by atoms with Gasteiger partial charge in [0.15, 0.2) is 11.6 Å². The van der Waals surface area contributed by atoms with E-state index >= 15 is 0 Å². The lowest BCUT2D eigenvalue weighted by Crippen LogP contribution is -2.51. The molecule has 0 spiro atoms. The monoisotopic (exact) mass is 517 g/mol. The van der Waals surface area contributed by atoms with Crippen molar-refractivity contribution in [3.63, 3.8) is 0 Å². The first-order valence-corrected chi connectivity index (χ1v) is 12.3. The summed E-state index contributed by atoms with van der Waals surface area (Å²) in [4.78, 5) is 51.6. The number of carbonyl (C=O) groups excluding carboxylic acids is 4. The van der Waals surface area contributed by atoms with E-state index in [9.17, 15) is 28.0 Å². The molecule has 0 bridgehead atoms. The zero-order valence-electron chi connectivity index (χ0n) is 20.6. The van der Waals surface area contributed by atoms with Crippen LogP contribution in [-0.2, 0) is 10.3 Å². The van der Waals surface area contributed by atoms with Gasteiger partial charge in [-0.15, -0.1) is 0 Å². The minimum absolute atomic E-state index is 0.0113. The number of halogens is 2. The van der Waals surface area contributed by atoms with Crippen molar-refractivity contribution < 1.29 is 28.0 Å². The molecular weight excluding hydrogens is 492 g/mol. The molecule has 1 fully saturated rings. The molecule has 2 N–H and O–H groups in total. The summed E-state index contributed by atoms with van der Waals surface area (Å²) in [5.74, 6) is -3.69. The van der Waals surface area contributed by atoms with Gasteiger partial charge in [0, 0.05) is 29.8 Å². The number of fused-ring (bicyclic) bond motifs is 1. The third kappa shape index (κ3) is 4.44. The molecule has 1 saturated carbocycles. The van der Waals surface area contributed by atoms with Crippen LogP contribution < -0.4 is 10.6 Å². The van der Waals surface area contributed by atoms with Crippen LogP contribution in [-0.4, -0.2) is 35.1 Å². The van der Waals surface area contributed by atoms with Crippen LogP contribution in [0.1, 0.15) is 67.9 Å². The number of anilines is 1. The molecule has 0 unspecified atom stereocenters. The van der Waals surface area contributed by atoms with Gasteiger partial charge in [-0.2, -0.15) is 0 Å². The molecule has 38 heavy (non-hydrogen) atoms. The van der Waals surface area contributed by atoms with E-state index in [0.717, 1.165) is 35.8 Å². The van der Waals surface area contributed by atoms with E-state index in [4.69, 9.17) is 0 Å². The molecule has 194 valence electrons. The van der Waals surface area contributed by atoms with Gasteiger partial charge < -0.3 is 10.6 Å². The van der Waals surface area contributed by atoms with Gasteiger partial charge in [0.05, 0.1) is 16.7 Å². The SMILES string of the molecule is Cc1c(C(=O)Nc2ccc(C3(NC(=O)CCN4C(=O)c5ccccc5C4=O)CCC3)cc2)ccc(F)c1F. The Morgan fingerprint density at radius 1 is 0.921 bits per heavy atom. The van der Waals surface area contributed by atoms with E-state index in [2.05, 4.69) is 10.6 Å². The molecule has 0 radical (unpaired) electrons. The minimum atomic E-state index is -1.06. The summed E-state index contributed by atoms with van der Waals surface area (Å²) in [6.45, 7) is 1.33. The number of imide groups is 1. The lowest BCUT2D eigenvalue weighted by atomic mass is 9.71. The maximum absolute atomic E-state index is 13.8. The van der Waals surface area contributed by atoms with Crippen molar-refractivity contribution in [1.82, 2.24) is 10.2 Å². The predicted octanol–water partition coefficient (Wildman–Crippen LogP) is 4.71. The number of rotatable bonds is 7. The second kappa shape index (κ2) is 9.81. The summed E-state index contributed by atoms with van der Waals surface area (Å²) in [6.07, 6.45) is 2.36. The zero-order valence-corrected chi connectivity index (χ0v) is 20.6. The quantitative estimate of drug-likeness (QED) is 0.444. The maximum atomic E-state index is 13.8. The summed E-state index contributed by atoms with van der Waals surface area (Å²) >= 11 is 0. The van der Waals surface area contributed by atoms with Crippen LogP contribution in [0.15, 0.2) is 60.7 Å². The third-order valence-electron chi connectivity index (χ3n) is 7.31. The second-order valence-electron chi connectivity index (χ2n) is 9.61. The number of nitrogens with zero attached hydrogens (tertiary/aromatic N) is 1. The lowest BCUT2D eigenvalue weighted by molar-refractivity contribution is -0.124. The Kier molecular flexibility index (Phi) is 6.52. The van der Waals surface area contributed by atoms with Crippen molar-refractivity contribution in [3.05, 3.63) is 100 Å². The summed E-state index contributed by atoms with van der Waals surface area (Å²) in [6, 6.07) is 15.7. The van der Waals surface area contributed by atoms with Crippen molar-refractivity contribution in [2.45, 2.75) is 38.1 Å². The van der Waals surface area contributed by atoms with Crippen LogP contribution in [0.25, 0.3) is 0 Å². The van der Waals surface area contributed by atoms with Crippen LogP contribution in [0.4, 0.5) is 14.5 Å². The highest BCUT2D eigenvalue weighted by Gasteiger charge is 2.40. The highest BCUT2D eigenvalue weighted by molar-refractivity contribution is 6.21. The van der Waals surface area contributed by atoms with Gasteiger partial charge >= 0.3 is 0 Å². The van der Waals surface area contributed by atoms with Crippen molar-refractivity contribution in [1.29, 1.82) is 0 Å². The van der Waals surface area contributed by atoms with Crippen molar-refractivity contribution in [2.24, 2.45) is 0 Å². The molecule has 3 aromatic rings. The third-order valence-corrected chi connectivity index (χ3v) is 7.31. The van der Waals surface area contributed by atoms with E-state index in [1.54, 1.807) is 48.5 Å². The molecule has 1 aliphatic carbocycles. The zero-order chi connectivity index (χ0) is 27.0. The topological polar surface area (TPSA) is 95.6 Å². The van der Waals surface area contributed by atoms with E-state index < -0.39 is 34.9 Å². The van der Waals surface area contributed by atoms with Gasteiger partial charge in [-0.25, -0.2) is 8.78 Å². The summed E-state index contributed by atoms with van der Waals surface area (Å²) in [7, 11) is 0. The average Bonchev–Trinajstić information content (AvgIpc) is 3.13. The second-order valence-corrected chi connectivity index (χ2v) is 9.61. The van der Waals surface area contributed by atoms with Gasteiger partial charge in [-0.1, -0.05) is 24.3 Å². The Labute approximate surface area is 217 Å². The number of hydrogen-bond donors (Lipinski definition) is 2. The number of amides is 4. The molecular formula is C29H25F2N3O4. The molecule has 0 aromatic heterocycles. The Bertz CT molecular complexity index is 1430. The molecule has 0 atom stereocenters. The number of hydrogen-bond acceptors (Lipinski definition) is 4. The minimum Gasteiger partial charge on any atom is -0.347 e. The number of nitrogens with one attached hydrogen (secondary N) is 2. The van der Waals surface area contributed by atoms with E-state index in [1.807, 2.05) is 0 Å². The summed E-state index contributed by atoms with van der Waals surface area (Å²) in [5.41, 5.74) is 1.41. The Balaban J connectivity index is 1.21. The van der Waals surface area contributed by atoms with E-state index in [0.29, 0.717) is 16.8 Å². The Morgan fingerprint density at radius 2 is 1.55 bits per heavy atom. The van der Waals surface area contributed by atoms with Gasteiger partial charge in [0.2, 0.25) is 5.91 Å². The molecule has 1 heterocycles. The smallest absolute Gasteiger partial charge is 0.261 e. The average molecular weight is 518 g/mol. The maximum Gasteiger partial charge on any atom is 0.261 e. The van der Waals surface area contributed by atoms with Crippen molar-refractivity contribution in [3.8, 4) is 0 Å². The molecule has 5 rings (SSSR count). The largest absolute Gasteiger partial charge is 0.347 e. The van der Waals surface area contributed by atoms with Crippen LogP contribution >= 0.6 is 0 Å².